The first kappa shape index (κ1) is 19.4. The van der Waals surface area contributed by atoms with Crippen LogP contribution in [-0.2, 0) is 6.54 Å². The van der Waals surface area contributed by atoms with Crippen molar-refractivity contribution in [3.05, 3.63) is 77.1 Å². The summed E-state index contributed by atoms with van der Waals surface area (Å²) in [7, 11) is 1.68. The number of ether oxygens (including phenoxy) is 1. The number of hydrogen-bond donors (Lipinski definition) is 3. The fourth-order valence-electron chi connectivity index (χ4n) is 3.28. The first-order valence-electron chi connectivity index (χ1n) is 9.96. The van der Waals surface area contributed by atoms with Crippen molar-refractivity contribution >= 4 is 11.6 Å². The predicted molar refractivity (Wildman–Crippen MR) is 115 cm³/mol. The molecule has 1 atom stereocenters. The normalized spacial score (nSPS) is 14.4. The number of nitrogens with one attached hydrogen (secondary N) is 2. The van der Waals surface area contributed by atoms with Gasteiger partial charge in [0.15, 0.2) is 0 Å². The smallest absolute Gasteiger partial charge is 0.227 e. The van der Waals surface area contributed by atoms with Crippen LogP contribution in [0.2, 0.25) is 0 Å². The van der Waals surface area contributed by atoms with Gasteiger partial charge in [-0.1, -0.05) is 24.3 Å². The maximum Gasteiger partial charge on any atom is 0.227 e. The minimum Gasteiger partial charge on any atom is -0.497 e. The molecule has 1 aromatic heterocycles. The molecule has 1 aliphatic carbocycles. The molecule has 1 unspecified atom stereocenters. The average molecular weight is 390 g/mol. The lowest BCUT2D eigenvalue weighted by Gasteiger charge is -2.21. The van der Waals surface area contributed by atoms with Gasteiger partial charge in [0, 0.05) is 24.5 Å². The summed E-state index contributed by atoms with van der Waals surface area (Å²) in [4.78, 5) is 9.35. The number of anilines is 2. The fourth-order valence-corrected chi connectivity index (χ4v) is 3.28. The molecule has 0 saturated heterocycles. The quantitative estimate of drug-likeness (QED) is 0.543. The van der Waals surface area contributed by atoms with Gasteiger partial charge in [0.25, 0.3) is 0 Å². The standard InChI is InChI=1S/C23H27N5O/c1-15-14-25-23(27-19-7-3-16(13-24)4-8-19)28-21(15)22(26-18-9-10-18)17-5-11-20(29-2)12-6-17/h3-8,11-12,14,18,22,26H,9-10,13,24H2,1-2H3,(H,25,27,28). The minimum absolute atomic E-state index is 0.0107. The van der Waals surface area contributed by atoms with Crippen LogP contribution in [0.15, 0.2) is 54.7 Å². The summed E-state index contributed by atoms with van der Waals surface area (Å²) in [6.07, 6.45) is 4.29. The van der Waals surface area contributed by atoms with Crippen LogP contribution in [0.3, 0.4) is 0 Å². The van der Waals surface area contributed by atoms with E-state index in [0.717, 1.165) is 33.8 Å². The molecule has 2 aromatic carbocycles. The van der Waals surface area contributed by atoms with Gasteiger partial charge in [-0.15, -0.1) is 0 Å². The molecule has 3 aromatic rings. The van der Waals surface area contributed by atoms with E-state index in [-0.39, 0.29) is 6.04 Å². The summed E-state index contributed by atoms with van der Waals surface area (Å²) in [5.41, 5.74) is 10.9. The van der Waals surface area contributed by atoms with E-state index >= 15 is 0 Å². The molecule has 1 aliphatic rings. The lowest BCUT2D eigenvalue weighted by atomic mass is 10.0. The van der Waals surface area contributed by atoms with Gasteiger partial charge in [-0.05, 0) is 60.7 Å². The van der Waals surface area contributed by atoms with Crippen LogP contribution in [0, 0.1) is 6.92 Å². The molecule has 0 bridgehead atoms. The third-order valence-corrected chi connectivity index (χ3v) is 5.16. The molecule has 0 radical (unpaired) electrons. The Bertz CT molecular complexity index is 952. The molecule has 0 amide bonds. The number of aryl methyl sites for hydroxylation is 1. The van der Waals surface area contributed by atoms with Crippen molar-refractivity contribution in [1.29, 1.82) is 0 Å². The molecule has 6 nitrogen and oxygen atoms in total. The highest BCUT2D eigenvalue weighted by Crippen LogP contribution is 2.31. The lowest BCUT2D eigenvalue weighted by Crippen LogP contribution is -2.26. The van der Waals surface area contributed by atoms with Crippen LogP contribution in [0.4, 0.5) is 11.6 Å². The molecule has 0 aliphatic heterocycles. The van der Waals surface area contributed by atoms with E-state index in [1.807, 2.05) is 42.6 Å². The molecule has 150 valence electrons. The Morgan fingerprint density at radius 3 is 2.45 bits per heavy atom. The zero-order valence-electron chi connectivity index (χ0n) is 16.9. The van der Waals surface area contributed by atoms with Gasteiger partial charge in [-0.3, -0.25) is 0 Å². The topological polar surface area (TPSA) is 85.1 Å². The van der Waals surface area contributed by atoms with Crippen molar-refractivity contribution in [3.8, 4) is 5.75 Å². The Morgan fingerprint density at radius 1 is 1.10 bits per heavy atom. The van der Waals surface area contributed by atoms with E-state index in [0.29, 0.717) is 18.5 Å². The second-order valence-corrected chi connectivity index (χ2v) is 7.44. The number of nitrogens with two attached hydrogens (primary N) is 1. The average Bonchev–Trinajstić information content (AvgIpc) is 3.58. The van der Waals surface area contributed by atoms with Crippen LogP contribution in [0.25, 0.3) is 0 Å². The molecule has 0 spiro atoms. The second kappa shape index (κ2) is 8.59. The van der Waals surface area contributed by atoms with Crippen LogP contribution in [0.5, 0.6) is 5.75 Å². The molecular weight excluding hydrogens is 362 g/mol. The number of hydrogen-bond acceptors (Lipinski definition) is 6. The van der Waals surface area contributed by atoms with Crippen molar-refractivity contribution in [3.63, 3.8) is 0 Å². The first-order chi connectivity index (χ1) is 14.2. The Morgan fingerprint density at radius 2 is 1.83 bits per heavy atom. The number of aromatic nitrogens is 2. The molecule has 4 N–H and O–H groups in total. The van der Waals surface area contributed by atoms with E-state index in [1.54, 1.807) is 7.11 Å². The molecule has 1 saturated carbocycles. The van der Waals surface area contributed by atoms with E-state index in [2.05, 4.69) is 34.7 Å². The van der Waals surface area contributed by atoms with Crippen LogP contribution < -0.4 is 21.1 Å². The molecule has 4 rings (SSSR count). The van der Waals surface area contributed by atoms with Crippen molar-refractivity contribution in [2.45, 2.75) is 38.4 Å². The maximum absolute atomic E-state index is 5.68. The Labute approximate surface area is 171 Å². The van der Waals surface area contributed by atoms with Crippen molar-refractivity contribution in [2.24, 2.45) is 5.73 Å². The van der Waals surface area contributed by atoms with E-state index in [9.17, 15) is 0 Å². The third-order valence-electron chi connectivity index (χ3n) is 5.16. The molecule has 1 heterocycles. The van der Waals surface area contributed by atoms with Gasteiger partial charge in [-0.25, -0.2) is 9.97 Å². The van der Waals surface area contributed by atoms with Gasteiger partial charge in [0.2, 0.25) is 5.95 Å². The van der Waals surface area contributed by atoms with Gasteiger partial charge in [0.1, 0.15) is 5.75 Å². The Balaban J connectivity index is 1.63. The zero-order valence-corrected chi connectivity index (χ0v) is 16.9. The summed E-state index contributed by atoms with van der Waals surface area (Å²) in [6, 6.07) is 16.7. The van der Waals surface area contributed by atoms with Crippen LogP contribution in [0.1, 0.15) is 41.3 Å². The van der Waals surface area contributed by atoms with Gasteiger partial charge in [0.05, 0.1) is 18.8 Å². The van der Waals surface area contributed by atoms with Crippen molar-refractivity contribution in [2.75, 3.05) is 12.4 Å². The van der Waals surface area contributed by atoms with Gasteiger partial charge in [-0.2, -0.15) is 0 Å². The Kier molecular flexibility index (Phi) is 5.74. The summed E-state index contributed by atoms with van der Waals surface area (Å²) in [6.45, 7) is 2.59. The summed E-state index contributed by atoms with van der Waals surface area (Å²) in [5.74, 6) is 1.43. The molecule has 6 heteroatoms. The van der Waals surface area contributed by atoms with E-state index in [1.165, 1.54) is 12.8 Å². The summed E-state index contributed by atoms with van der Waals surface area (Å²) >= 11 is 0. The number of methoxy groups -OCH3 is 1. The molecular formula is C23H27N5O. The number of rotatable bonds is 8. The largest absolute Gasteiger partial charge is 0.497 e. The monoisotopic (exact) mass is 389 g/mol. The van der Waals surface area contributed by atoms with Crippen LogP contribution >= 0.6 is 0 Å². The van der Waals surface area contributed by atoms with Crippen LogP contribution in [-0.4, -0.2) is 23.1 Å². The zero-order chi connectivity index (χ0) is 20.2. The predicted octanol–water partition coefficient (Wildman–Crippen LogP) is 3.84. The first-order valence-corrected chi connectivity index (χ1v) is 9.96. The third kappa shape index (κ3) is 4.72. The SMILES string of the molecule is COc1ccc(C(NC2CC2)c2nc(Nc3ccc(CN)cc3)ncc2C)cc1. The second-order valence-electron chi connectivity index (χ2n) is 7.44. The van der Waals surface area contributed by atoms with E-state index < -0.39 is 0 Å². The number of benzene rings is 2. The van der Waals surface area contributed by atoms with Gasteiger partial charge < -0.3 is 21.1 Å². The number of nitrogens with zero attached hydrogens (tertiary/aromatic N) is 2. The van der Waals surface area contributed by atoms with Crippen molar-refractivity contribution in [1.82, 2.24) is 15.3 Å². The van der Waals surface area contributed by atoms with E-state index in [4.69, 9.17) is 15.5 Å². The summed E-state index contributed by atoms with van der Waals surface area (Å²) in [5, 5.41) is 7.04. The highest BCUT2D eigenvalue weighted by molar-refractivity contribution is 5.54. The Hall–Kier alpha value is -2.96. The van der Waals surface area contributed by atoms with Crippen molar-refractivity contribution < 1.29 is 4.74 Å². The maximum atomic E-state index is 5.68. The summed E-state index contributed by atoms with van der Waals surface area (Å²) < 4.78 is 5.31. The lowest BCUT2D eigenvalue weighted by molar-refractivity contribution is 0.414. The van der Waals surface area contributed by atoms with Gasteiger partial charge >= 0.3 is 0 Å². The minimum atomic E-state index is 0.0107. The highest BCUT2D eigenvalue weighted by Gasteiger charge is 2.28. The molecule has 29 heavy (non-hydrogen) atoms. The molecule has 1 fully saturated rings. The highest BCUT2D eigenvalue weighted by atomic mass is 16.5. The fraction of sp³-hybridized carbons (Fsp3) is 0.304.